The minimum atomic E-state index is -0.543. The topological polar surface area (TPSA) is 59.7 Å². The number of hydrogen-bond donors (Lipinski definition) is 0. The molecule has 0 saturated carbocycles. The third-order valence-corrected chi connectivity index (χ3v) is 6.65. The van der Waals surface area contributed by atoms with Gasteiger partial charge in [-0.05, 0) is 74.0 Å². The standard InChI is InChI=1S/C28H24F2N6/c29-22-5-6-26(30)25(13-22)27-14-24(23-4-3-7-32-28(23)34-27)20-12-19(15-31-16-20)21-17-33-36(18-21)11-10-35-8-1-2-9-35/h3-7,12-18H,1-2,8-11H2. The van der Waals surface area contributed by atoms with E-state index in [9.17, 15) is 8.78 Å². The Bertz CT molecular complexity index is 1540. The Morgan fingerprint density at radius 2 is 1.69 bits per heavy atom. The molecule has 5 heterocycles. The first kappa shape index (κ1) is 22.4. The number of aromatic nitrogens is 5. The molecule has 0 spiro atoms. The van der Waals surface area contributed by atoms with E-state index in [-0.39, 0.29) is 5.56 Å². The van der Waals surface area contributed by atoms with Crippen molar-refractivity contribution >= 4 is 11.0 Å². The highest BCUT2D eigenvalue weighted by molar-refractivity contribution is 5.95. The zero-order chi connectivity index (χ0) is 24.5. The second-order valence-electron chi connectivity index (χ2n) is 9.06. The van der Waals surface area contributed by atoms with Gasteiger partial charge < -0.3 is 4.90 Å². The van der Waals surface area contributed by atoms with Gasteiger partial charge in [-0.2, -0.15) is 5.10 Å². The molecule has 180 valence electrons. The van der Waals surface area contributed by atoms with Gasteiger partial charge in [-0.25, -0.2) is 18.7 Å². The summed E-state index contributed by atoms with van der Waals surface area (Å²) in [6, 6.07) is 10.9. The molecule has 0 radical (unpaired) electrons. The van der Waals surface area contributed by atoms with E-state index < -0.39 is 11.6 Å². The quantitative estimate of drug-likeness (QED) is 0.316. The number of benzene rings is 1. The van der Waals surface area contributed by atoms with Crippen LogP contribution in [0.25, 0.3) is 44.5 Å². The van der Waals surface area contributed by atoms with E-state index in [1.54, 1.807) is 24.7 Å². The molecule has 0 atom stereocenters. The highest BCUT2D eigenvalue weighted by atomic mass is 19.1. The number of fused-ring (bicyclic) bond motifs is 1. The summed E-state index contributed by atoms with van der Waals surface area (Å²) in [4.78, 5) is 15.8. The van der Waals surface area contributed by atoms with Gasteiger partial charge in [-0.3, -0.25) is 9.67 Å². The number of pyridine rings is 3. The maximum Gasteiger partial charge on any atom is 0.160 e. The van der Waals surface area contributed by atoms with Gasteiger partial charge in [-0.1, -0.05) is 0 Å². The van der Waals surface area contributed by atoms with E-state index >= 15 is 0 Å². The first-order valence-electron chi connectivity index (χ1n) is 12.1. The van der Waals surface area contributed by atoms with Gasteiger partial charge in [0, 0.05) is 59.0 Å². The summed E-state index contributed by atoms with van der Waals surface area (Å²) < 4.78 is 30.5. The maximum atomic E-state index is 14.6. The van der Waals surface area contributed by atoms with E-state index in [0.29, 0.717) is 11.3 Å². The summed E-state index contributed by atoms with van der Waals surface area (Å²) in [6.45, 7) is 4.16. The number of rotatable bonds is 6. The summed E-state index contributed by atoms with van der Waals surface area (Å²) in [7, 11) is 0. The van der Waals surface area contributed by atoms with Crippen molar-refractivity contribution in [1.29, 1.82) is 0 Å². The Balaban J connectivity index is 1.37. The maximum absolute atomic E-state index is 14.6. The molecule has 0 bridgehead atoms. The summed E-state index contributed by atoms with van der Waals surface area (Å²) in [5, 5.41) is 5.35. The summed E-state index contributed by atoms with van der Waals surface area (Å²) in [6.07, 6.45) is 11.6. The molecular formula is C28H24F2N6. The van der Waals surface area contributed by atoms with Gasteiger partial charge in [-0.15, -0.1) is 0 Å². The lowest BCUT2D eigenvalue weighted by Gasteiger charge is -2.13. The van der Waals surface area contributed by atoms with Crippen LogP contribution in [-0.4, -0.2) is 49.3 Å². The molecule has 36 heavy (non-hydrogen) atoms. The normalized spacial score (nSPS) is 14.1. The second-order valence-corrected chi connectivity index (χ2v) is 9.06. The van der Waals surface area contributed by atoms with E-state index in [0.717, 1.165) is 72.0 Å². The van der Waals surface area contributed by atoms with Crippen molar-refractivity contribution < 1.29 is 8.78 Å². The van der Waals surface area contributed by atoms with Gasteiger partial charge in [0.1, 0.15) is 11.6 Å². The molecule has 6 nitrogen and oxygen atoms in total. The molecule has 0 amide bonds. The van der Waals surface area contributed by atoms with Crippen LogP contribution >= 0.6 is 0 Å². The lowest BCUT2D eigenvalue weighted by atomic mass is 9.99. The minimum absolute atomic E-state index is 0.0900. The lowest BCUT2D eigenvalue weighted by molar-refractivity contribution is 0.316. The summed E-state index contributed by atoms with van der Waals surface area (Å²) >= 11 is 0. The van der Waals surface area contributed by atoms with Crippen molar-refractivity contribution in [2.24, 2.45) is 0 Å². The molecule has 8 heteroatoms. The first-order valence-corrected chi connectivity index (χ1v) is 12.1. The zero-order valence-electron chi connectivity index (χ0n) is 19.6. The minimum Gasteiger partial charge on any atom is -0.301 e. The van der Waals surface area contributed by atoms with Crippen LogP contribution in [0.1, 0.15) is 12.8 Å². The fourth-order valence-corrected chi connectivity index (χ4v) is 4.76. The molecular weight excluding hydrogens is 458 g/mol. The predicted octanol–water partition coefficient (Wildman–Crippen LogP) is 5.60. The number of nitrogens with zero attached hydrogens (tertiary/aromatic N) is 6. The molecule has 1 saturated heterocycles. The average molecular weight is 483 g/mol. The smallest absolute Gasteiger partial charge is 0.160 e. The van der Waals surface area contributed by atoms with Crippen molar-refractivity contribution in [3.8, 4) is 33.5 Å². The predicted molar refractivity (Wildman–Crippen MR) is 135 cm³/mol. The molecule has 6 rings (SSSR count). The Labute approximate surface area is 207 Å². The second kappa shape index (κ2) is 9.54. The van der Waals surface area contributed by atoms with Crippen molar-refractivity contribution in [1.82, 2.24) is 29.6 Å². The van der Waals surface area contributed by atoms with Gasteiger partial charge in [0.2, 0.25) is 0 Å². The van der Waals surface area contributed by atoms with Crippen molar-refractivity contribution in [3.05, 3.63) is 85.1 Å². The molecule has 0 aliphatic carbocycles. The third kappa shape index (κ3) is 4.47. The fraction of sp³-hybridized carbons (Fsp3) is 0.214. The monoisotopic (exact) mass is 482 g/mol. The van der Waals surface area contributed by atoms with Crippen LogP contribution in [0.5, 0.6) is 0 Å². The Hall–Kier alpha value is -4.04. The van der Waals surface area contributed by atoms with Crippen LogP contribution in [-0.2, 0) is 6.54 Å². The lowest BCUT2D eigenvalue weighted by Crippen LogP contribution is -2.24. The van der Waals surface area contributed by atoms with Gasteiger partial charge in [0.15, 0.2) is 5.65 Å². The van der Waals surface area contributed by atoms with Gasteiger partial charge in [0.05, 0.1) is 18.4 Å². The van der Waals surface area contributed by atoms with Crippen molar-refractivity contribution in [2.45, 2.75) is 19.4 Å². The van der Waals surface area contributed by atoms with Gasteiger partial charge in [0.25, 0.3) is 0 Å². The summed E-state index contributed by atoms with van der Waals surface area (Å²) in [5.41, 5.74) is 4.37. The van der Waals surface area contributed by atoms with Crippen LogP contribution in [0, 0.1) is 11.6 Å². The van der Waals surface area contributed by atoms with Crippen molar-refractivity contribution in [2.75, 3.05) is 19.6 Å². The Morgan fingerprint density at radius 1 is 0.833 bits per heavy atom. The molecule has 1 aliphatic heterocycles. The van der Waals surface area contributed by atoms with E-state index in [2.05, 4.69) is 25.0 Å². The van der Waals surface area contributed by atoms with Crippen LogP contribution in [0.15, 0.2) is 73.4 Å². The number of hydrogen-bond acceptors (Lipinski definition) is 5. The molecule has 1 fully saturated rings. The average Bonchev–Trinajstić information content (AvgIpc) is 3.61. The number of likely N-dealkylation sites (tertiary alicyclic amines) is 1. The van der Waals surface area contributed by atoms with Gasteiger partial charge >= 0.3 is 0 Å². The SMILES string of the molecule is Fc1ccc(F)c(-c2cc(-c3cncc(-c4cnn(CCN5CCCC5)c4)c3)c3cccnc3n2)c1. The summed E-state index contributed by atoms with van der Waals surface area (Å²) in [5.74, 6) is -1.07. The molecule has 0 N–H and O–H groups in total. The van der Waals surface area contributed by atoms with Crippen LogP contribution < -0.4 is 0 Å². The molecule has 5 aromatic rings. The van der Waals surface area contributed by atoms with Crippen LogP contribution in [0.2, 0.25) is 0 Å². The molecule has 4 aromatic heterocycles. The van der Waals surface area contributed by atoms with Crippen LogP contribution in [0.3, 0.4) is 0 Å². The number of halogens is 2. The highest BCUT2D eigenvalue weighted by Crippen LogP contribution is 2.34. The van der Waals surface area contributed by atoms with E-state index in [4.69, 9.17) is 0 Å². The largest absolute Gasteiger partial charge is 0.301 e. The highest BCUT2D eigenvalue weighted by Gasteiger charge is 2.15. The zero-order valence-corrected chi connectivity index (χ0v) is 19.6. The first-order chi connectivity index (χ1) is 17.6. The molecule has 0 unspecified atom stereocenters. The Morgan fingerprint density at radius 3 is 2.58 bits per heavy atom. The molecule has 1 aromatic carbocycles. The van der Waals surface area contributed by atoms with Crippen molar-refractivity contribution in [3.63, 3.8) is 0 Å². The van der Waals surface area contributed by atoms with Crippen LogP contribution in [0.4, 0.5) is 8.78 Å². The third-order valence-electron chi connectivity index (χ3n) is 6.65. The fourth-order valence-electron chi connectivity index (χ4n) is 4.76. The van der Waals surface area contributed by atoms with E-state index in [1.165, 1.54) is 12.8 Å². The molecule has 1 aliphatic rings. The Kier molecular flexibility index (Phi) is 5.95. The van der Waals surface area contributed by atoms with E-state index in [1.807, 2.05) is 35.3 Å².